The Bertz CT molecular complexity index is 1040. The van der Waals surface area contributed by atoms with Gasteiger partial charge < -0.3 is 4.74 Å². The number of nitrogens with zero attached hydrogens (tertiary/aromatic N) is 3. The molecule has 2 aromatic heterocycles. The van der Waals surface area contributed by atoms with E-state index in [1.165, 1.54) is 34.8 Å². The molecular weight excluding hydrogens is 435 g/mol. The number of amides is 1. The molecule has 9 heteroatoms. The smallest absolute Gasteiger partial charge is 0.269 e. The molecule has 0 bridgehead atoms. The van der Waals surface area contributed by atoms with Gasteiger partial charge in [0.1, 0.15) is 10.7 Å². The minimum atomic E-state index is -0.264. The molecule has 0 unspecified atom stereocenters. The number of carbonyl (C=O) groups excluding carboxylic acids is 1. The average molecular weight is 461 g/mol. The Labute approximate surface area is 189 Å². The van der Waals surface area contributed by atoms with E-state index in [2.05, 4.69) is 34.0 Å². The van der Waals surface area contributed by atoms with Crippen LogP contribution in [0.4, 0.5) is 9.52 Å². The van der Waals surface area contributed by atoms with Crippen molar-refractivity contribution >= 4 is 33.7 Å². The zero-order chi connectivity index (χ0) is 22.0. The van der Waals surface area contributed by atoms with E-state index < -0.39 is 0 Å². The van der Waals surface area contributed by atoms with Crippen LogP contribution in [0, 0.1) is 12.7 Å². The highest BCUT2D eigenvalue weighted by atomic mass is 32.1. The van der Waals surface area contributed by atoms with Crippen LogP contribution in [0.3, 0.4) is 0 Å². The number of aryl methyl sites for hydroxylation is 1. The van der Waals surface area contributed by atoms with E-state index in [1.54, 1.807) is 12.1 Å². The van der Waals surface area contributed by atoms with Crippen LogP contribution in [0.2, 0.25) is 0 Å². The molecule has 0 radical (unpaired) electrons. The molecule has 164 valence electrons. The third-order valence-corrected chi connectivity index (χ3v) is 6.93. The number of nitrogens with one attached hydrogen (secondary N) is 1. The number of aromatic nitrogens is 2. The van der Waals surface area contributed by atoms with Gasteiger partial charge in [-0.25, -0.2) is 14.4 Å². The molecule has 1 N–H and O–H groups in total. The van der Waals surface area contributed by atoms with Gasteiger partial charge in [-0.1, -0.05) is 12.1 Å². The maximum atomic E-state index is 13.1. The lowest BCUT2D eigenvalue weighted by Crippen LogP contribution is -2.44. The number of hydrogen-bond acceptors (Lipinski definition) is 7. The van der Waals surface area contributed by atoms with Crippen molar-refractivity contribution in [1.82, 2.24) is 14.9 Å². The first kappa shape index (κ1) is 22.0. The molecule has 0 spiro atoms. The second kappa shape index (κ2) is 9.52. The fourth-order valence-electron chi connectivity index (χ4n) is 3.75. The van der Waals surface area contributed by atoms with E-state index in [1.807, 2.05) is 12.3 Å². The summed E-state index contributed by atoms with van der Waals surface area (Å²) in [5.74, 6) is -0.463. The van der Waals surface area contributed by atoms with Gasteiger partial charge >= 0.3 is 0 Å². The summed E-state index contributed by atoms with van der Waals surface area (Å²) in [6.45, 7) is 8.48. The van der Waals surface area contributed by atoms with Crippen LogP contribution in [-0.2, 0) is 17.7 Å². The predicted molar refractivity (Wildman–Crippen MR) is 121 cm³/mol. The summed E-state index contributed by atoms with van der Waals surface area (Å²) in [5, 5.41) is 6.30. The third-order valence-electron chi connectivity index (χ3n) is 4.97. The molecule has 6 nitrogen and oxygen atoms in total. The fraction of sp³-hybridized carbons (Fsp3) is 0.409. The van der Waals surface area contributed by atoms with Gasteiger partial charge in [0.2, 0.25) is 0 Å². The summed E-state index contributed by atoms with van der Waals surface area (Å²) in [6, 6.07) is 6.33. The first-order valence-corrected chi connectivity index (χ1v) is 11.9. The Morgan fingerprint density at radius 1 is 1.23 bits per heavy atom. The summed E-state index contributed by atoms with van der Waals surface area (Å²) >= 11 is 2.79. The molecule has 0 saturated carbocycles. The van der Waals surface area contributed by atoms with Crippen molar-refractivity contribution in [2.45, 2.75) is 45.9 Å². The lowest BCUT2D eigenvalue weighted by Gasteiger charge is -2.34. The summed E-state index contributed by atoms with van der Waals surface area (Å²) in [4.78, 5) is 24.8. The number of hydrogen-bond donors (Lipinski definition) is 1. The molecule has 1 saturated heterocycles. The van der Waals surface area contributed by atoms with Crippen molar-refractivity contribution in [3.8, 4) is 0 Å². The zero-order valence-corrected chi connectivity index (χ0v) is 19.4. The molecule has 1 aliphatic heterocycles. The number of carbonyl (C=O) groups is 1. The number of rotatable bonds is 6. The summed E-state index contributed by atoms with van der Waals surface area (Å²) in [5.41, 5.74) is 2.59. The monoisotopic (exact) mass is 460 g/mol. The molecule has 4 rings (SSSR count). The third kappa shape index (κ3) is 5.74. The highest BCUT2D eigenvalue weighted by molar-refractivity contribution is 7.15. The van der Waals surface area contributed by atoms with Crippen molar-refractivity contribution < 1.29 is 13.9 Å². The highest BCUT2D eigenvalue weighted by Gasteiger charge is 2.23. The van der Waals surface area contributed by atoms with Crippen LogP contribution in [0.5, 0.6) is 0 Å². The molecule has 31 heavy (non-hydrogen) atoms. The highest BCUT2D eigenvalue weighted by Crippen LogP contribution is 2.24. The molecular formula is C22H25FN4O2S2. The van der Waals surface area contributed by atoms with E-state index >= 15 is 0 Å². The second-order valence-electron chi connectivity index (χ2n) is 7.87. The van der Waals surface area contributed by atoms with Crippen LogP contribution >= 0.6 is 22.7 Å². The van der Waals surface area contributed by atoms with Gasteiger partial charge in [0, 0.05) is 31.4 Å². The normalized spacial score (nSPS) is 19.5. The topological polar surface area (TPSA) is 67.4 Å². The summed E-state index contributed by atoms with van der Waals surface area (Å²) in [6.07, 6.45) is 0.983. The molecule has 1 aromatic carbocycles. The van der Waals surface area contributed by atoms with Gasteiger partial charge in [-0.15, -0.1) is 22.7 Å². The minimum absolute atomic E-state index is 0.199. The summed E-state index contributed by atoms with van der Waals surface area (Å²) in [7, 11) is 0. The number of thiazole rings is 2. The van der Waals surface area contributed by atoms with Crippen molar-refractivity contribution in [2.24, 2.45) is 0 Å². The Hall–Kier alpha value is -2.20. The van der Waals surface area contributed by atoms with Crippen LogP contribution in [0.15, 0.2) is 29.6 Å². The minimum Gasteiger partial charge on any atom is -0.373 e. The Morgan fingerprint density at radius 2 is 1.94 bits per heavy atom. The maximum absolute atomic E-state index is 13.1. The van der Waals surface area contributed by atoms with E-state index in [4.69, 9.17) is 4.74 Å². The Morgan fingerprint density at radius 3 is 2.65 bits per heavy atom. The lowest BCUT2D eigenvalue weighted by atomic mass is 10.1. The quantitative estimate of drug-likeness (QED) is 0.587. The van der Waals surface area contributed by atoms with Crippen molar-refractivity contribution in [3.63, 3.8) is 0 Å². The molecule has 1 fully saturated rings. The average Bonchev–Trinajstić information content (AvgIpc) is 3.28. The first-order valence-electron chi connectivity index (χ1n) is 10.2. The molecule has 2 atom stereocenters. The maximum Gasteiger partial charge on any atom is 0.269 e. The van der Waals surface area contributed by atoms with Crippen LogP contribution in [0.1, 0.15) is 45.5 Å². The van der Waals surface area contributed by atoms with Gasteiger partial charge in [-0.3, -0.25) is 15.0 Å². The van der Waals surface area contributed by atoms with Crippen molar-refractivity contribution in [2.75, 3.05) is 18.4 Å². The SMILES string of the molecule is Cc1nc(Cc2ccc(F)cc2)sc1C(=O)Nc1nc(CN2C[C@@H](C)O[C@@H](C)C2)cs1. The predicted octanol–water partition coefficient (Wildman–Crippen LogP) is 4.50. The van der Waals surface area contributed by atoms with Gasteiger partial charge in [0.25, 0.3) is 5.91 Å². The van der Waals surface area contributed by atoms with E-state index in [9.17, 15) is 9.18 Å². The van der Waals surface area contributed by atoms with E-state index in [-0.39, 0.29) is 23.9 Å². The molecule has 0 aliphatic carbocycles. The van der Waals surface area contributed by atoms with Gasteiger partial charge in [0.15, 0.2) is 5.13 Å². The van der Waals surface area contributed by atoms with E-state index in [0.29, 0.717) is 22.1 Å². The number of halogens is 1. The van der Waals surface area contributed by atoms with Gasteiger partial charge in [-0.2, -0.15) is 0 Å². The van der Waals surface area contributed by atoms with Crippen LogP contribution in [-0.4, -0.2) is 46.1 Å². The number of morpholine rings is 1. The Balaban J connectivity index is 1.37. The van der Waals surface area contributed by atoms with Crippen LogP contribution in [0.25, 0.3) is 0 Å². The lowest BCUT2D eigenvalue weighted by molar-refractivity contribution is -0.0707. The van der Waals surface area contributed by atoms with Crippen molar-refractivity contribution in [3.05, 3.63) is 62.3 Å². The first-order chi connectivity index (χ1) is 14.9. The van der Waals surface area contributed by atoms with Gasteiger partial charge in [-0.05, 0) is 38.5 Å². The van der Waals surface area contributed by atoms with Crippen LogP contribution < -0.4 is 5.32 Å². The number of benzene rings is 1. The number of ether oxygens (including phenoxy) is 1. The molecule has 3 heterocycles. The zero-order valence-electron chi connectivity index (χ0n) is 17.7. The van der Waals surface area contributed by atoms with E-state index in [0.717, 1.165) is 35.9 Å². The molecule has 1 aliphatic rings. The van der Waals surface area contributed by atoms with Crippen molar-refractivity contribution in [1.29, 1.82) is 0 Å². The fourth-order valence-corrected chi connectivity index (χ4v) is 5.44. The molecule has 1 amide bonds. The largest absolute Gasteiger partial charge is 0.373 e. The van der Waals surface area contributed by atoms with Gasteiger partial charge in [0.05, 0.1) is 28.6 Å². The number of anilines is 1. The Kier molecular flexibility index (Phi) is 6.76. The summed E-state index contributed by atoms with van der Waals surface area (Å²) < 4.78 is 18.9. The second-order valence-corrected chi connectivity index (χ2v) is 9.82. The standard InChI is InChI=1S/C22H25FN4O2S2/c1-13-9-27(10-14(2)29-13)11-18-12-30-22(25-18)26-21(28)20-15(3)24-19(31-20)8-16-4-6-17(23)7-5-16/h4-7,12-14H,8-11H2,1-3H3,(H,25,26,28)/t13-,14+. The molecule has 3 aromatic rings.